The van der Waals surface area contributed by atoms with Gasteiger partial charge in [0.2, 0.25) is 0 Å². The lowest BCUT2D eigenvalue weighted by molar-refractivity contribution is -0.118. The summed E-state index contributed by atoms with van der Waals surface area (Å²) in [6.45, 7) is 6.25. The van der Waals surface area contributed by atoms with E-state index in [9.17, 15) is 9.59 Å². The number of para-hydroxylation sites is 1. The molecule has 6 heteroatoms. The number of nitrogens with one attached hydrogen (secondary N) is 2. The molecule has 0 aliphatic carbocycles. The average molecular weight is 403 g/mol. The monoisotopic (exact) mass is 403 g/mol. The predicted octanol–water partition coefficient (Wildman–Crippen LogP) is 4.65. The summed E-state index contributed by atoms with van der Waals surface area (Å²) in [5, 5.41) is 5.51. The summed E-state index contributed by atoms with van der Waals surface area (Å²) in [5.41, 5.74) is 2.58. The number of hydrogen-bond donors (Lipinski definition) is 2. The van der Waals surface area contributed by atoms with Crippen molar-refractivity contribution in [1.29, 1.82) is 0 Å². The third kappa shape index (κ3) is 5.67. The van der Waals surface area contributed by atoms with Crippen molar-refractivity contribution < 1.29 is 14.3 Å². The molecule has 30 heavy (non-hydrogen) atoms. The summed E-state index contributed by atoms with van der Waals surface area (Å²) in [5.74, 6) is -0.0742. The van der Waals surface area contributed by atoms with Gasteiger partial charge < -0.3 is 15.4 Å². The van der Waals surface area contributed by atoms with Crippen LogP contribution in [0.3, 0.4) is 0 Å². The van der Waals surface area contributed by atoms with Gasteiger partial charge in [0, 0.05) is 6.20 Å². The lowest BCUT2D eigenvalue weighted by Crippen LogP contribution is -2.23. The number of benzene rings is 2. The Hall–Kier alpha value is -3.67. The Labute approximate surface area is 176 Å². The van der Waals surface area contributed by atoms with Crippen molar-refractivity contribution in [3.63, 3.8) is 0 Å². The number of ether oxygens (including phenoxy) is 1. The fourth-order valence-electron chi connectivity index (χ4n) is 2.81. The molecule has 3 rings (SSSR count). The Morgan fingerprint density at radius 3 is 2.33 bits per heavy atom. The second-order valence-corrected chi connectivity index (χ2v) is 7.85. The molecule has 2 N–H and O–H groups in total. The highest BCUT2D eigenvalue weighted by atomic mass is 16.5. The maximum atomic E-state index is 12.6. The van der Waals surface area contributed by atoms with Crippen molar-refractivity contribution in [2.45, 2.75) is 26.2 Å². The number of aromatic nitrogens is 1. The number of carbonyl (C=O) groups is 2. The minimum Gasteiger partial charge on any atom is -0.484 e. The van der Waals surface area contributed by atoms with E-state index in [0.29, 0.717) is 22.7 Å². The summed E-state index contributed by atoms with van der Waals surface area (Å²) >= 11 is 0. The van der Waals surface area contributed by atoms with E-state index in [0.717, 1.165) is 0 Å². The lowest BCUT2D eigenvalue weighted by atomic mass is 9.87. The molecule has 3 aromatic rings. The van der Waals surface area contributed by atoms with Gasteiger partial charge in [-0.05, 0) is 47.4 Å². The summed E-state index contributed by atoms with van der Waals surface area (Å²) < 4.78 is 5.58. The Kier molecular flexibility index (Phi) is 6.47. The molecule has 1 heterocycles. The molecule has 0 bridgehead atoms. The van der Waals surface area contributed by atoms with Crippen molar-refractivity contribution >= 4 is 23.2 Å². The van der Waals surface area contributed by atoms with Gasteiger partial charge in [-0.3, -0.25) is 14.6 Å². The summed E-state index contributed by atoms with van der Waals surface area (Å²) in [6.07, 6.45) is 3.18. The highest BCUT2D eigenvalue weighted by Crippen LogP contribution is 2.24. The SMILES string of the molecule is CC(C)(C)c1ccc(OCC(=O)Nc2ccccc2C(=O)Nc2cccnc2)cc1. The van der Waals surface area contributed by atoms with Crippen LogP contribution in [0, 0.1) is 0 Å². The van der Waals surface area contributed by atoms with Gasteiger partial charge in [-0.15, -0.1) is 0 Å². The fraction of sp³-hybridized carbons (Fsp3) is 0.208. The summed E-state index contributed by atoms with van der Waals surface area (Å²) in [6, 6.07) is 18.0. The maximum absolute atomic E-state index is 12.6. The predicted molar refractivity (Wildman–Crippen MR) is 118 cm³/mol. The number of nitrogens with zero attached hydrogens (tertiary/aromatic N) is 1. The zero-order chi connectivity index (χ0) is 21.6. The number of hydrogen-bond acceptors (Lipinski definition) is 4. The molecule has 0 aliphatic rings. The Morgan fingerprint density at radius 1 is 0.933 bits per heavy atom. The van der Waals surface area contributed by atoms with Crippen molar-refractivity contribution in [1.82, 2.24) is 4.98 Å². The highest BCUT2D eigenvalue weighted by molar-refractivity contribution is 6.10. The van der Waals surface area contributed by atoms with Crippen molar-refractivity contribution in [2.75, 3.05) is 17.2 Å². The number of rotatable bonds is 6. The first kappa shape index (κ1) is 21.0. The molecule has 6 nitrogen and oxygen atoms in total. The molecule has 0 atom stereocenters. The van der Waals surface area contributed by atoms with Gasteiger partial charge in [-0.1, -0.05) is 45.0 Å². The largest absolute Gasteiger partial charge is 0.484 e. The minimum absolute atomic E-state index is 0.0516. The first-order valence-corrected chi connectivity index (χ1v) is 9.66. The van der Waals surface area contributed by atoms with E-state index in [1.165, 1.54) is 5.56 Å². The molecule has 2 aromatic carbocycles. The first-order chi connectivity index (χ1) is 14.3. The van der Waals surface area contributed by atoms with Crippen LogP contribution < -0.4 is 15.4 Å². The van der Waals surface area contributed by atoms with Crippen LogP contribution in [0.4, 0.5) is 11.4 Å². The van der Waals surface area contributed by atoms with Gasteiger partial charge in [0.1, 0.15) is 5.75 Å². The smallest absolute Gasteiger partial charge is 0.262 e. The standard InChI is InChI=1S/C24H25N3O3/c1-24(2,3)17-10-12-19(13-11-17)30-16-22(28)27-21-9-5-4-8-20(21)23(29)26-18-7-6-14-25-15-18/h4-15H,16H2,1-3H3,(H,26,29)(H,27,28). The van der Waals surface area contributed by atoms with Gasteiger partial charge in [-0.2, -0.15) is 0 Å². The second kappa shape index (κ2) is 9.22. The van der Waals surface area contributed by atoms with E-state index in [-0.39, 0.29) is 23.8 Å². The number of pyridine rings is 1. The molecular weight excluding hydrogens is 378 g/mol. The van der Waals surface area contributed by atoms with Crippen LogP contribution in [-0.2, 0) is 10.2 Å². The van der Waals surface area contributed by atoms with Crippen LogP contribution in [-0.4, -0.2) is 23.4 Å². The van der Waals surface area contributed by atoms with Crippen LogP contribution in [0.5, 0.6) is 5.75 Å². The second-order valence-electron chi connectivity index (χ2n) is 7.85. The fourth-order valence-corrected chi connectivity index (χ4v) is 2.81. The molecule has 1 aromatic heterocycles. The van der Waals surface area contributed by atoms with E-state index >= 15 is 0 Å². The van der Waals surface area contributed by atoms with Gasteiger partial charge >= 0.3 is 0 Å². The van der Waals surface area contributed by atoms with Crippen LogP contribution >= 0.6 is 0 Å². The molecule has 0 unspecified atom stereocenters. The maximum Gasteiger partial charge on any atom is 0.262 e. The van der Waals surface area contributed by atoms with Crippen LogP contribution in [0.15, 0.2) is 73.1 Å². The summed E-state index contributed by atoms with van der Waals surface area (Å²) in [4.78, 5) is 28.9. The van der Waals surface area contributed by atoms with E-state index in [1.54, 1.807) is 48.8 Å². The van der Waals surface area contributed by atoms with E-state index in [4.69, 9.17) is 4.74 Å². The van der Waals surface area contributed by atoms with Crippen molar-refractivity contribution in [2.24, 2.45) is 0 Å². The minimum atomic E-state index is -0.350. The van der Waals surface area contributed by atoms with Crippen molar-refractivity contribution in [3.05, 3.63) is 84.2 Å². The zero-order valence-corrected chi connectivity index (χ0v) is 17.3. The number of amides is 2. The topological polar surface area (TPSA) is 80.3 Å². The first-order valence-electron chi connectivity index (χ1n) is 9.66. The molecule has 154 valence electrons. The quantitative estimate of drug-likeness (QED) is 0.628. The molecule has 2 amide bonds. The van der Waals surface area contributed by atoms with Gasteiger partial charge in [0.15, 0.2) is 6.61 Å². The molecular formula is C24H25N3O3. The van der Waals surface area contributed by atoms with E-state index in [2.05, 4.69) is 36.4 Å². The van der Waals surface area contributed by atoms with Gasteiger partial charge in [0.05, 0.1) is 23.1 Å². The molecule has 0 saturated heterocycles. The van der Waals surface area contributed by atoms with Crippen LogP contribution in [0.25, 0.3) is 0 Å². The number of anilines is 2. The molecule has 0 saturated carbocycles. The summed E-state index contributed by atoms with van der Waals surface area (Å²) in [7, 11) is 0. The highest BCUT2D eigenvalue weighted by Gasteiger charge is 2.15. The molecule has 0 aliphatic heterocycles. The third-order valence-electron chi connectivity index (χ3n) is 4.46. The van der Waals surface area contributed by atoms with Gasteiger partial charge in [-0.25, -0.2) is 0 Å². The van der Waals surface area contributed by atoms with E-state index in [1.807, 2.05) is 24.3 Å². The lowest BCUT2D eigenvalue weighted by Gasteiger charge is -2.19. The Balaban J connectivity index is 1.61. The number of carbonyl (C=O) groups excluding carboxylic acids is 2. The molecule has 0 spiro atoms. The van der Waals surface area contributed by atoms with Crippen LogP contribution in [0.1, 0.15) is 36.7 Å². The third-order valence-corrected chi connectivity index (χ3v) is 4.46. The average Bonchev–Trinajstić information content (AvgIpc) is 2.73. The van der Waals surface area contributed by atoms with Crippen LogP contribution in [0.2, 0.25) is 0 Å². The Morgan fingerprint density at radius 2 is 1.67 bits per heavy atom. The van der Waals surface area contributed by atoms with E-state index < -0.39 is 0 Å². The normalized spacial score (nSPS) is 10.9. The van der Waals surface area contributed by atoms with Crippen molar-refractivity contribution in [3.8, 4) is 5.75 Å². The zero-order valence-electron chi connectivity index (χ0n) is 17.3. The van der Waals surface area contributed by atoms with Gasteiger partial charge in [0.25, 0.3) is 11.8 Å². The molecule has 0 fully saturated rings. The Bertz CT molecular complexity index is 1010. The molecule has 0 radical (unpaired) electrons.